The molecule has 2 N–H and O–H groups in total. The number of aryl methyl sites for hydroxylation is 1. The van der Waals surface area contributed by atoms with Crippen LogP contribution in [0.5, 0.6) is 0 Å². The highest BCUT2D eigenvalue weighted by atomic mass is 15.3. The number of nitrogens with zero attached hydrogens (tertiary/aromatic N) is 3. The molecule has 0 aliphatic heterocycles. The zero-order valence-corrected chi connectivity index (χ0v) is 9.64. The summed E-state index contributed by atoms with van der Waals surface area (Å²) < 4.78 is 2.00. The van der Waals surface area contributed by atoms with Crippen molar-refractivity contribution in [3.8, 4) is 11.4 Å². The molecule has 0 saturated heterocycles. The van der Waals surface area contributed by atoms with Gasteiger partial charge in [-0.15, -0.1) is 10.2 Å². The van der Waals surface area contributed by atoms with Crippen LogP contribution >= 0.6 is 0 Å². The largest absolute Gasteiger partial charge is 0.330 e. The van der Waals surface area contributed by atoms with Gasteiger partial charge in [0, 0.05) is 19.0 Å². The fourth-order valence-corrected chi connectivity index (χ4v) is 1.66. The zero-order valence-electron chi connectivity index (χ0n) is 9.64. The molecule has 1 aromatic carbocycles. The van der Waals surface area contributed by atoms with Crippen molar-refractivity contribution in [2.24, 2.45) is 12.8 Å². The Morgan fingerprint density at radius 1 is 1.19 bits per heavy atom. The normalized spacial score (nSPS) is 10.7. The lowest BCUT2D eigenvalue weighted by Crippen LogP contribution is -2.08. The first-order chi connectivity index (χ1) is 7.72. The van der Waals surface area contributed by atoms with Gasteiger partial charge in [-0.05, 0) is 13.5 Å². The van der Waals surface area contributed by atoms with Gasteiger partial charge < -0.3 is 10.3 Å². The molecule has 1 heterocycles. The first-order valence-electron chi connectivity index (χ1n) is 5.37. The number of aromatic nitrogens is 3. The maximum absolute atomic E-state index is 5.52. The lowest BCUT2D eigenvalue weighted by molar-refractivity contribution is 0.780. The Morgan fingerprint density at radius 3 is 2.50 bits per heavy atom. The van der Waals surface area contributed by atoms with Gasteiger partial charge in [-0.1, -0.05) is 29.8 Å². The minimum atomic E-state index is 0.597. The van der Waals surface area contributed by atoms with E-state index in [-0.39, 0.29) is 0 Å². The van der Waals surface area contributed by atoms with Crippen molar-refractivity contribution in [1.29, 1.82) is 0 Å². The summed E-state index contributed by atoms with van der Waals surface area (Å²) in [6.07, 6.45) is 0.759. The Kier molecular flexibility index (Phi) is 3.01. The number of nitrogens with two attached hydrogens (primary N) is 1. The molecule has 2 aromatic rings. The van der Waals surface area contributed by atoms with Crippen LogP contribution in [0.25, 0.3) is 11.4 Å². The molecule has 1 aromatic heterocycles. The topological polar surface area (TPSA) is 56.7 Å². The monoisotopic (exact) mass is 216 g/mol. The van der Waals surface area contributed by atoms with E-state index in [1.165, 1.54) is 5.56 Å². The van der Waals surface area contributed by atoms with E-state index in [9.17, 15) is 0 Å². The summed E-state index contributed by atoms with van der Waals surface area (Å²) in [5.74, 6) is 1.82. The first kappa shape index (κ1) is 10.8. The maximum atomic E-state index is 5.52. The van der Waals surface area contributed by atoms with Crippen molar-refractivity contribution in [3.63, 3.8) is 0 Å². The average Bonchev–Trinajstić information content (AvgIpc) is 2.63. The van der Waals surface area contributed by atoms with E-state index in [0.29, 0.717) is 6.54 Å². The fourth-order valence-electron chi connectivity index (χ4n) is 1.66. The lowest BCUT2D eigenvalue weighted by atomic mass is 10.1. The predicted octanol–water partition coefficient (Wildman–Crippen LogP) is 1.29. The Bertz CT molecular complexity index is 470. The van der Waals surface area contributed by atoms with E-state index in [1.54, 1.807) is 0 Å². The average molecular weight is 216 g/mol. The summed E-state index contributed by atoms with van der Waals surface area (Å²) in [5, 5.41) is 8.33. The van der Waals surface area contributed by atoms with Crippen molar-refractivity contribution in [2.45, 2.75) is 13.3 Å². The first-order valence-corrected chi connectivity index (χ1v) is 5.37. The van der Waals surface area contributed by atoms with Crippen LogP contribution in [0.4, 0.5) is 0 Å². The second-order valence-corrected chi connectivity index (χ2v) is 3.90. The minimum Gasteiger partial charge on any atom is -0.330 e. The molecule has 84 valence electrons. The molecule has 0 saturated carbocycles. The Labute approximate surface area is 95.1 Å². The van der Waals surface area contributed by atoms with E-state index in [2.05, 4.69) is 41.4 Å². The van der Waals surface area contributed by atoms with E-state index in [0.717, 1.165) is 23.6 Å². The highest BCUT2D eigenvalue weighted by Gasteiger charge is 2.09. The third-order valence-electron chi connectivity index (χ3n) is 2.64. The van der Waals surface area contributed by atoms with E-state index in [1.807, 2.05) is 11.6 Å². The summed E-state index contributed by atoms with van der Waals surface area (Å²) >= 11 is 0. The highest BCUT2D eigenvalue weighted by molar-refractivity contribution is 5.55. The molecule has 4 nitrogen and oxygen atoms in total. The molecule has 0 amide bonds. The molecular formula is C12H16N4. The number of rotatable bonds is 3. The Morgan fingerprint density at radius 2 is 1.88 bits per heavy atom. The maximum Gasteiger partial charge on any atom is 0.163 e. The molecule has 0 spiro atoms. The van der Waals surface area contributed by atoms with E-state index >= 15 is 0 Å². The van der Waals surface area contributed by atoms with Crippen LogP contribution in [0.3, 0.4) is 0 Å². The molecule has 16 heavy (non-hydrogen) atoms. The minimum absolute atomic E-state index is 0.597. The van der Waals surface area contributed by atoms with Gasteiger partial charge >= 0.3 is 0 Å². The molecule has 0 bridgehead atoms. The second-order valence-electron chi connectivity index (χ2n) is 3.90. The zero-order chi connectivity index (χ0) is 11.5. The summed E-state index contributed by atoms with van der Waals surface area (Å²) in [7, 11) is 1.97. The van der Waals surface area contributed by atoms with Gasteiger partial charge in [0.05, 0.1) is 0 Å². The second kappa shape index (κ2) is 4.45. The molecule has 0 atom stereocenters. The predicted molar refractivity (Wildman–Crippen MR) is 63.9 cm³/mol. The smallest absolute Gasteiger partial charge is 0.163 e. The van der Waals surface area contributed by atoms with E-state index in [4.69, 9.17) is 5.73 Å². The van der Waals surface area contributed by atoms with Crippen LogP contribution in [0.2, 0.25) is 0 Å². The van der Waals surface area contributed by atoms with Crippen molar-refractivity contribution in [1.82, 2.24) is 14.8 Å². The molecule has 2 rings (SSSR count). The van der Waals surface area contributed by atoms with Crippen LogP contribution in [-0.4, -0.2) is 21.3 Å². The van der Waals surface area contributed by atoms with Gasteiger partial charge in [-0.25, -0.2) is 0 Å². The molecule has 0 unspecified atom stereocenters. The third-order valence-corrected chi connectivity index (χ3v) is 2.64. The summed E-state index contributed by atoms with van der Waals surface area (Å²) in [6.45, 7) is 2.67. The van der Waals surface area contributed by atoms with Crippen molar-refractivity contribution < 1.29 is 0 Å². The van der Waals surface area contributed by atoms with Crippen molar-refractivity contribution >= 4 is 0 Å². The Hall–Kier alpha value is -1.68. The van der Waals surface area contributed by atoms with Crippen LogP contribution in [0.1, 0.15) is 11.4 Å². The molecule has 0 aliphatic carbocycles. The van der Waals surface area contributed by atoms with Crippen LogP contribution < -0.4 is 5.73 Å². The molecule has 0 fully saturated rings. The van der Waals surface area contributed by atoms with Crippen molar-refractivity contribution in [3.05, 3.63) is 35.7 Å². The number of hydrogen-bond donors (Lipinski definition) is 1. The molecular weight excluding hydrogens is 200 g/mol. The molecule has 4 heteroatoms. The van der Waals surface area contributed by atoms with Gasteiger partial charge in [0.15, 0.2) is 5.82 Å². The van der Waals surface area contributed by atoms with Crippen LogP contribution in [-0.2, 0) is 13.5 Å². The summed E-state index contributed by atoms with van der Waals surface area (Å²) in [5.41, 5.74) is 7.85. The fraction of sp³-hybridized carbons (Fsp3) is 0.333. The van der Waals surface area contributed by atoms with Crippen LogP contribution in [0, 0.1) is 6.92 Å². The Balaban J connectivity index is 2.37. The van der Waals surface area contributed by atoms with Gasteiger partial charge in [-0.3, -0.25) is 0 Å². The number of benzene rings is 1. The van der Waals surface area contributed by atoms with Crippen molar-refractivity contribution in [2.75, 3.05) is 6.54 Å². The summed E-state index contributed by atoms with van der Waals surface area (Å²) in [6, 6.07) is 8.27. The number of hydrogen-bond acceptors (Lipinski definition) is 3. The van der Waals surface area contributed by atoms with Gasteiger partial charge in [-0.2, -0.15) is 0 Å². The SMILES string of the molecule is Cc1ccc(-c2nnc(CCN)n2C)cc1. The van der Waals surface area contributed by atoms with Crippen LogP contribution in [0.15, 0.2) is 24.3 Å². The summed E-state index contributed by atoms with van der Waals surface area (Å²) in [4.78, 5) is 0. The van der Waals surface area contributed by atoms with Gasteiger partial charge in [0.25, 0.3) is 0 Å². The van der Waals surface area contributed by atoms with Gasteiger partial charge in [0.1, 0.15) is 5.82 Å². The standard InChI is InChI=1S/C12H16N4/c1-9-3-5-10(6-4-9)12-15-14-11(7-8-13)16(12)2/h3-6H,7-8,13H2,1-2H3. The lowest BCUT2D eigenvalue weighted by Gasteiger charge is -2.03. The van der Waals surface area contributed by atoms with Gasteiger partial charge in [0.2, 0.25) is 0 Å². The quantitative estimate of drug-likeness (QED) is 0.841. The molecule has 0 aliphatic rings. The highest BCUT2D eigenvalue weighted by Crippen LogP contribution is 2.17. The third kappa shape index (κ3) is 1.97. The molecule has 0 radical (unpaired) electrons. The van der Waals surface area contributed by atoms with E-state index < -0.39 is 0 Å².